The molecule has 66 valence electrons. The molecule has 0 saturated carbocycles. The number of ether oxygens (including phenoxy) is 1. The van der Waals surface area contributed by atoms with Crippen LogP contribution in [0.1, 0.15) is 0 Å². The van der Waals surface area contributed by atoms with Crippen LogP contribution in [0, 0.1) is 0 Å². The maximum Gasteiger partial charge on any atom is 0.286 e. The van der Waals surface area contributed by atoms with Gasteiger partial charge in [0.05, 0.1) is 19.4 Å². The molecule has 5 heteroatoms. The molecule has 0 radical (unpaired) electrons. The molecule has 1 rings (SSSR count). The number of hydrogen-bond acceptors (Lipinski definition) is 2. The second-order valence-corrected chi connectivity index (χ2v) is 2.07. The molecular weight excluding hydrogens is 159 g/mol. The van der Waals surface area contributed by atoms with Crippen LogP contribution in [-0.4, -0.2) is 31.2 Å². The Balaban J connectivity index is 0.000001000. The SMILES string of the molecule is F.FC(F)=CN1CCOCC1. The van der Waals surface area contributed by atoms with Crippen molar-refractivity contribution in [3.05, 3.63) is 12.3 Å². The van der Waals surface area contributed by atoms with E-state index < -0.39 is 6.08 Å². The lowest BCUT2D eigenvalue weighted by Gasteiger charge is -2.24. The minimum absolute atomic E-state index is 0. The van der Waals surface area contributed by atoms with Gasteiger partial charge in [0.1, 0.15) is 0 Å². The van der Waals surface area contributed by atoms with Gasteiger partial charge >= 0.3 is 0 Å². The van der Waals surface area contributed by atoms with Gasteiger partial charge in [-0.05, 0) is 0 Å². The molecule has 0 aliphatic carbocycles. The number of hydrogen-bond donors (Lipinski definition) is 0. The zero-order valence-electron chi connectivity index (χ0n) is 5.93. The third-order valence-corrected chi connectivity index (χ3v) is 1.33. The summed E-state index contributed by atoms with van der Waals surface area (Å²) >= 11 is 0. The highest BCUT2D eigenvalue weighted by atomic mass is 19.3. The minimum Gasteiger partial charge on any atom is -0.378 e. The van der Waals surface area contributed by atoms with Crippen LogP contribution >= 0.6 is 0 Å². The van der Waals surface area contributed by atoms with E-state index in [0.717, 1.165) is 6.20 Å². The average Bonchev–Trinajstić information content (AvgIpc) is 1.88. The Bertz CT molecular complexity index is 130. The van der Waals surface area contributed by atoms with Crippen LogP contribution in [0.2, 0.25) is 0 Å². The Kier molecular flexibility index (Phi) is 4.69. The van der Waals surface area contributed by atoms with Crippen molar-refractivity contribution < 1.29 is 18.2 Å². The van der Waals surface area contributed by atoms with E-state index in [0.29, 0.717) is 26.3 Å². The van der Waals surface area contributed by atoms with Crippen LogP contribution in [0.25, 0.3) is 0 Å². The summed E-state index contributed by atoms with van der Waals surface area (Å²) in [6, 6.07) is 0. The summed E-state index contributed by atoms with van der Waals surface area (Å²) in [5.74, 6) is 0. The van der Waals surface area contributed by atoms with Crippen molar-refractivity contribution in [2.45, 2.75) is 0 Å². The van der Waals surface area contributed by atoms with Gasteiger partial charge in [-0.3, -0.25) is 4.70 Å². The van der Waals surface area contributed by atoms with E-state index in [4.69, 9.17) is 4.74 Å². The van der Waals surface area contributed by atoms with Gasteiger partial charge in [-0.25, -0.2) is 0 Å². The maximum absolute atomic E-state index is 11.6. The number of rotatable bonds is 1. The van der Waals surface area contributed by atoms with Crippen molar-refractivity contribution in [1.29, 1.82) is 0 Å². The molecule has 1 fully saturated rings. The highest BCUT2D eigenvalue weighted by Gasteiger charge is 2.06. The van der Waals surface area contributed by atoms with E-state index in [1.165, 1.54) is 0 Å². The van der Waals surface area contributed by atoms with Gasteiger partial charge in [0, 0.05) is 13.1 Å². The summed E-state index contributed by atoms with van der Waals surface area (Å²) in [4.78, 5) is 1.55. The number of halogens is 3. The molecule has 0 aromatic carbocycles. The van der Waals surface area contributed by atoms with Crippen molar-refractivity contribution >= 4 is 0 Å². The van der Waals surface area contributed by atoms with Gasteiger partial charge in [0.15, 0.2) is 0 Å². The average molecular weight is 169 g/mol. The molecule has 1 heterocycles. The first-order valence-electron chi connectivity index (χ1n) is 3.13. The van der Waals surface area contributed by atoms with Gasteiger partial charge in [0.25, 0.3) is 6.08 Å². The lowest BCUT2D eigenvalue weighted by Crippen LogP contribution is -2.32. The minimum atomic E-state index is -1.64. The fraction of sp³-hybridized carbons (Fsp3) is 0.667. The third-order valence-electron chi connectivity index (χ3n) is 1.33. The van der Waals surface area contributed by atoms with Gasteiger partial charge in [-0.2, -0.15) is 8.78 Å². The first kappa shape index (κ1) is 10.3. The van der Waals surface area contributed by atoms with Crippen molar-refractivity contribution in [1.82, 2.24) is 4.90 Å². The summed E-state index contributed by atoms with van der Waals surface area (Å²) in [5.41, 5.74) is 0. The molecule has 0 spiro atoms. The lowest BCUT2D eigenvalue weighted by atomic mass is 10.4. The Labute approximate surface area is 62.8 Å². The summed E-state index contributed by atoms with van der Waals surface area (Å²) in [5, 5.41) is 0. The molecular formula is C6H10F3NO. The third kappa shape index (κ3) is 3.87. The fourth-order valence-electron chi connectivity index (χ4n) is 0.845. The highest BCUT2D eigenvalue weighted by Crippen LogP contribution is 2.03. The summed E-state index contributed by atoms with van der Waals surface area (Å²) in [7, 11) is 0. The van der Waals surface area contributed by atoms with E-state index in [-0.39, 0.29) is 4.70 Å². The smallest absolute Gasteiger partial charge is 0.286 e. The second kappa shape index (κ2) is 5.01. The van der Waals surface area contributed by atoms with Crippen LogP contribution < -0.4 is 0 Å². The zero-order chi connectivity index (χ0) is 7.40. The fourth-order valence-corrected chi connectivity index (χ4v) is 0.845. The molecule has 1 aliphatic rings. The van der Waals surface area contributed by atoms with Gasteiger partial charge in [-0.15, -0.1) is 0 Å². The predicted molar refractivity (Wildman–Crippen MR) is 35.2 cm³/mol. The van der Waals surface area contributed by atoms with Crippen LogP contribution in [0.3, 0.4) is 0 Å². The molecule has 2 nitrogen and oxygen atoms in total. The van der Waals surface area contributed by atoms with Crippen molar-refractivity contribution in [2.75, 3.05) is 26.3 Å². The van der Waals surface area contributed by atoms with Crippen LogP contribution in [0.4, 0.5) is 13.5 Å². The first-order valence-corrected chi connectivity index (χ1v) is 3.13. The Hall–Kier alpha value is -0.710. The molecule has 0 bridgehead atoms. The summed E-state index contributed by atoms with van der Waals surface area (Å²) < 4.78 is 28.2. The highest BCUT2D eigenvalue weighted by molar-refractivity contribution is 4.82. The molecule has 11 heavy (non-hydrogen) atoms. The first-order chi connectivity index (χ1) is 4.79. The van der Waals surface area contributed by atoms with Crippen molar-refractivity contribution in [3.8, 4) is 0 Å². The normalized spacial score (nSPS) is 17.1. The standard InChI is InChI=1S/C6H9F2NO.FH/c7-6(8)5-9-1-3-10-4-2-9;/h5H,1-4H2;1H. The Morgan fingerprint density at radius 1 is 1.27 bits per heavy atom. The van der Waals surface area contributed by atoms with Crippen LogP contribution in [-0.2, 0) is 4.74 Å². The molecule has 0 atom stereocenters. The summed E-state index contributed by atoms with van der Waals surface area (Å²) in [6.45, 7) is 2.22. The Morgan fingerprint density at radius 2 is 1.82 bits per heavy atom. The number of nitrogens with zero attached hydrogens (tertiary/aromatic N) is 1. The van der Waals surface area contributed by atoms with E-state index >= 15 is 0 Å². The molecule has 1 aliphatic heterocycles. The number of morpholine rings is 1. The van der Waals surface area contributed by atoms with Gasteiger partial charge < -0.3 is 9.64 Å². The van der Waals surface area contributed by atoms with E-state index in [1.807, 2.05) is 0 Å². The molecule has 0 amide bonds. The molecule has 0 unspecified atom stereocenters. The van der Waals surface area contributed by atoms with E-state index in [9.17, 15) is 8.78 Å². The Morgan fingerprint density at radius 3 is 2.27 bits per heavy atom. The zero-order valence-corrected chi connectivity index (χ0v) is 5.93. The van der Waals surface area contributed by atoms with E-state index in [1.54, 1.807) is 4.90 Å². The topological polar surface area (TPSA) is 12.5 Å². The summed E-state index contributed by atoms with van der Waals surface area (Å²) in [6.07, 6.45) is -0.774. The molecule has 0 N–H and O–H groups in total. The van der Waals surface area contributed by atoms with Crippen LogP contribution in [0.15, 0.2) is 12.3 Å². The van der Waals surface area contributed by atoms with Gasteiger partial charge in [-0.1, -0.05) is 0 Å². The van der Waals surface area contributed by atoms with Gasteiger partial charge in [0.2, 0.25) is 0 Å². The second-order valence-electron chi connectivity index (χ2n) is 2.07. The largest absolute Gasteiger partial charge is 0.378 e. The van der Waals surface area contributed by atoms with Crippen LogP contribution in [0.5, 0.6) is 0 Å². The van der Waals surface area contributed by atoms with Crippen molar-refractivity contribution in [3.63, 3.8) is 0 Å². The lowest BCUT2D eigenvalue weighted by molar-refractivity contribution is 0.0574. The molecule has 0 aromatic rings. The quantitative estimate of drug-likeness (QED) is 0.585. The maximum atomic E-state index is 11.6. The monoisotopic (exact) mass is 169 g/mol. The van der Waals surface area contributed by atoms with E-state index in [2.05, 4.69) is 0 Å². The molecule has 1 saturated heterocycles. The predicted octanol–water partition coefficient (Wildman–Crippen LogP) is 1.21. The molecule has 0 aromatic heterocycles. The van der Waals surface area contributed by atoms with Crippen molar-refractivity contribution in [2.24, 2.45) is 0 Å².